The van der Waals surface area contributed by atoms with Crippen molar-refractivity contribution in [2.45, 2.75) is 149 Å². The first-order valence-electron chi connectivity index (χ1n) is 13.5. The van der Waals surface area contributed by atoms with Crippen LogP contribution in [0.4, 0.5) is 0 Å². The number of ether oxygens (including phenoxy) is 2. The zero-order chi connectivity index (χ0) is 24.6. The third kappa shape index (κ3) is 23.2. The maximum absolute atomic E-state index is 11.7. The Bertz CT molecular complexity index is 483. The second-order valence-electron chi connectivity index (χ2n) is 9.00. The molecule has 0 spiro atoms. The zero-order valence-corrected chi connectivity index (χ0v) is 21.3. The summed E-state index contributed by atoms with van der Waals surface area (Å²) in [4.78, 5) is 46.7. The maximum Gasteiger partial charge on any atom is 0.313 e. The highest BCUT2D eigenvalue weighted by Gasteiger charge is 2.11. The van der Waals surface area contributed by atoms with Gasteiger partial charge in [0.2, 0.25) is 0 Å². The van der Waals surface area contributed by atoms with Crippen LogP contribution in [0, 0.1) is 0 Å². The number of hydrogen-bond donors (Lipinski definition) is 0. The summed E-state index contributed by atoms with van der Waals surface area (Å²) < 4.78 is 9.71. The minimum Gasteiger partial charge on any atom is -0.393 e. The molecule has 0 aliphatic heterocycles. The molecule has 0 N–H and O–H groups in total. The summed E-state index contributed by atoms with van der Waals surface area (Å²) in [5.74, 6) is -1.73. The van der Waals surface area contributed by atoms with Crippen LogP contribution < -0.4 is 0 Å². The van der Waals surface area contributed by atoms with Crippen molar-refractivity contribution in [1.29, 1.82) is 0 Å². The van der Waals surface area contributed by atoms with Gasteiger partial charge in [0.25, 0.3) is 0 Å². The largest absolute Gasteiger partial charge is 0.393 e. The van der Waals surface area contributed by atoms with Crippen molar-refractivity contribution in [2.24, 2.45) is 0 Å². The minimum atomic E-state index is -0.446. The Morgan fingerprint density at radius 3 is 0.818 bits per heavy atom. The number of hydrogen-bond acceptors (Lipinski definition) is 6. The van der Waals surface area contributed by atoms with Crippen LogP contribution in [-0.4, -0.2) is 23.9 Å². The number of unbranched alkanes of at least 4 members (excludes halogenated alkanes) is 14. The lowest BCUT2D eigenvalue weighted by Crippen LogP contribution is -2.12. The lowest BCUT2D eigenvalue weighted by molar-refractivity contribution is -0.161. The van der Waals surface area contributed by atoms with Crippen LogP contribution in [0.1, 0.15) is 149 Å². The van der Waals surface area contributed by atoms with Crippen LogP contribution in [0.5, 0.6) is 0 Å². The quantitative estimate of drug-likeness (QED) is 0.0937. The van der Waals surface area contributed by atoms with Crippen molar-refractivity contribution in [3.63, 3.8) is 0 Å². The molecular formula is C27H48O6. The molecule has 0 radical (unpaired) electrons. The van der Waals surface area contributed by atoms with Gasteiger partial charge in [0.05, 0.1) is 0 Å². The van der Waals surface area contributed by atoms with Crippen molar-refractivity contribution >= 4 is 23.9 Å². The molecule has 0 heterocycles. The van der Waals surface area contributed by atoms with Crippen LogP contribution in [0.15, 0.2) is 0 Å². The minimum absolute atomic E-state index is 0.247. The van der Waals surface area contributed by atoms with Gasteiger partial charge in [-0.1, -0.05) is 97.3 Å². The Labute approximate surface area is 201 Å². The van der Waals surface area contributed by atoms with E-state index in [4.69, 9.17) is 9.47 Å². The second-order valence-corrected chi connectivity index (χ2v) is 9.00. The molecule has 0 atom stereocenters. The summed E-state index contributed by atoms with van der Waals surface area (Å²) in [5.41, 5.74) is 0. The van der Waals surface area contributed by atoms with Crippen LogP contribution >= 0.6 is 0 Å². The number of carbonyl (C=O) groups is 4. The Kier molecular flexibility index (Phi) is 22.2. The molecule has 0 aliphatic carbocycles. The Morgan fingerprint density at radius 2 is 0.576 bits per heavy atom. The third-order valence-electron chi connectivity index (χ3n) is 5.69. The zero-order valence-electron chi connectivity index (χ0n) is 21.3. The molecule has 33 heavy (non-hydrogen) atoms. The van der Waals surface area contributed by atoms with Crippen LogP contribution in [-0.2, 0) is 28.7 Å². The van der Waals surface area contributed by atoms with Gasteiger partial charge in [-0.3, -0.25) is 19.2 Å². The SMILES string of the molecule is CCCCCCCCC(=O)OC(=O)CCCCCCCC(=O)OC(=O)CCCCCCCC. The summed E-state index contributed by atoms with van der Waals surface area (Å²) in [6.45, 7) is 4.34. The lowest BCUT2D eigenvalue weighted by atomic mass is 10.1. The Hall–Kier alpha value is -1.72. The van der Waals surface area contributed by atoms with E-state index in [1.165, 1.54) is 38.5 Å². The van der Waals surface area contributed by atoms with E-state index in [0.29, 0.717) is 25.7 Å². The molecule has 0 saturated heterocycles. The highest BCUT2D eigenvalue weighted by molar-refractivity contribution is 5.85. The van der Waals surface area contributed by atoms with E-state index >= 15 is 0 Å². The smallest absolute Gasteiger partial charge is 0.313 e. The lowest BCUT2D eigenvalue weighted by Gasteiger charge is -2.05. The fourth-order valence-corrected chi connectivity index (χ4v) is 3.63. The average molecular weight is 469 g/mol. The fourth-order valence-electron chi connectivity index (χ4n) is 3.63. The number of esters is 4. The maximum atomic E-state index is 11.7. The van der Waals surface area contributed by atoms with Crippen molar-refractivity contribution in [3.8, 4) is 0 Å². The summed E-state index contributed by atoms with van der Waals surface area (Å²) in [6.07, 6.45) is 18.1. The molecule has 6 heteroatoms. The van der Waals surface area contributed by atoms with Crippen LogP contribution in [0.2, 0.25) is 0 Å². The monoisotopic (exact) mass is 468 g/mol. The van der Waals surface area contributed by atoms with E-state index in [2.05, 4.69) is 13.8 Å². The van der Waals surface area contributed by atoms with E-state index in [1.807, 2.05) is 0 Å². The van der Waals surface area contributed by atoms with Gasteiger partial charge >= 0.3 is 23.9 Å². The van der Waals surface area contributed by atoms with E-state index in [0.717, 1.165) is 57.8 Å². The van der Waals surface area contributed by atoms with Crippen molar-refractivity contribution in [2.75, 3.05) is 0 Å². The van der Waals surface area contributed by atoms with Gasteiger partial charge in [-0.25, -0.2) is 0 Å². The predicted octanol–water partition coefficient (Wildman–Crippen LogP) is 7.36. The Balaban J connectivity index is 3.52. The summed E-state index contributed by atoms with van der Waals surface area (Å²) in [6, 6.07) is 0. The average Bonchev–Trinajstić information content (AvgIpc) is 2.77. The molecule has 192 valence electrons. The van der Waals surface area contributed by atoms with Gasteiger partial charge in [0.15, 0.2) is 0 Å². The topological polar surface area (TPSA) is 86.7 Å². The van der Waals surface area contributed by atoms with Crippen molar-refractivity contribution < 1.29 is 28.7 Å². The first-order valence-corrected chi connectivity index (χ1v) is 13.5. The molecule has 0 unspecified atom stereocenters. The van der Waals surface area contributed by atoms with Gasteiger partial charge in [0.1, 0.15) is 0 Å². The molecule has 0 aromatic heterocycles. The highest BCUT2D eigenvalue weighted by Crippen LogP contribution is 2.11. The standard InChI is InChI=1S/C27H48O6/c1-3-5-7-9-12-16-20-24(28)32-26(30)22-18-14-11-15-19-23-27(31)33-25(29)21-17-13-10-8-6-4-2/h3-23H2,1-2H3. The first kappa shape index (κ1) is 31.3. The molecule has 0 bridgehead atoms. The molecule has 0 aliphatic rings. The van der Waals surface area contributed by atoms with Gasteiger partial charge < -0.3 is 9.47 Å². The van der Waals surface area contributed by atoms with Crippen LogP contribution in [0.3, 0.4) is 0 Å². The third-order valence-corrected chi connectivity index (χ3v) is 5.69. The molecule has 0 fully saturated rings. The molecular weight excluding hydrogens is 420 g/mol. The van der Waals surface area contributed by atoms with E-state index in [-0.39, 0.29) is 12.8 Å². The van der Waals surface area contributed by atoms with E-state index < -0.39 is 23.9 Å². The molecule has 0 saturated carbocycles. The Morgan fingerprint density at radius 1 is 0.364 bits per heavy atom. The molecule has 0 aromatic rings. The van der Waals surface area contributed by atoms with Crippen molar-refractivity contribution in [1.82, 2.24) is 0 Å². The van der Waals surface area contributed by atoms with Crippen molar-refractivity contribution in [3.05, 3.63) is 0 Å². The number of rotatable bonds is 22. The summed E-state index contributed by atoms with van der Waals surface area (Å²) >= 11 is 0. The van der Waals surface area contributed by atoms with E-state index in [9.17, 15) is 19.2 Å². The molecule has 0 amide bonds. The molecule has 0 aromatic carbocycles. The van der Waals surface area contributed by atoms with E-state index in [1.54, 1.807) is 0 Å². The predicted molar refractivity (Wildman–Crippen MR) is 131 cm³/mol. The first-order chi connectivity index (χ1) is 16.0. The normalized spacial score (nSPS) is 10.7. The van der Waals surface area contributed by atoms with Gasteiger partial charge in [-0.05, 0) is 25.7 Å². The second kappa shape index (κ2) is 23.4. The van der Waals surface area contributed by atoms with Crippen LogP contribution in [0.25, 0.3) is 0 Å². The van der Waals surface area contributed by atoms with Gasteiger partial charge in [-0.2, -0.15) is 0 Å². The number of carbonyl (C=O) groups excluding carboxylic acids is 4. The fraction of sp³-hybridized carbons (Fsp3) is 0.852. The summed E-state index contributed by atoms with van der Waals surface area (Å²) in [7, 11) is 0. The molecule has 6 nitrogen and oxygen atoms in total. The highest BCUT2D eigenvalue weighted by atomic mass is 16.6. The molecule has 0 rings (SSSR count). The van der Waals surface area contributed by atoms with Gasteiger partial charge in [0, 0.05) is 25.7 Å². The van der Waals surface area contributed by atoms with Gasteiger partial charge in [-0.15, -0.1) is 0 Å². The summed E-state index contributed by atoms with van der Waals surface area (Å²) in [5, 5.41) is 0.